The largest absolute Gasteiger partial charge is 0.463 e. The molecule has 0 saturated heterocycles. The molecule has 22 heavy (non-hydrogen) atoms. The number of halogens is 1. The van der Waals surface area contributed by atoms with E-state index in [-0.39, 0.29) is 5.75 Å². The number of para-hydroxylation sites is 1. The van der Waals surface area contributed by atoms with Crippen molar-refractivity contribution in [2.45, 2.75) is 39.0 Å². The maximum absolute atomic E-state index is 13.2. The summed E-state index contributed by atoms with van der Waals surface area (Å²) in [6, 6.07) is 5.54. The molecule has 0 aromatic heterocycles. The van der Waals surface area contributed by atoms with E-state index in [1.807, 2.05) is 0 Å². The van der Waals surface area contributed by atoms with E-state index in [0.29, 0.717) is 6.61 Å². The Morgan fingerprint density at radius 1 is 1.05 bits per heavy atom. The van der Waals surface area contributed by atoms with Gasteiger partial charge < -0.3 is 9.47 Å². The van der Waals surface area contributed by atoms with Crippen molar-refractivity contribution in [3.05, 3.63) is 42.2 Å². The molecule has 0 fully saturated rings. The van der Waals surface area contributed by atoms with Crippen LogP contribution in [0.25, 0.3) is 0 Å². The molecule has 1 aromatic rings. The molecule has 4 nitrogen and oxygen atoms in total. The number of hydrogen-bond donors (Lipinski definition) is 0. The van der Waals surface area contributed by atoms with Crippen molar-refractivity contribution in [1.29, 1.82) is 0 Å². The predicted molar refractivity (Wildman–Crippen MR) is 80.9 cm³/mol. The van der Waals surface area contributed by atoms with E-state index in [2.05, 4.69) is 6.92 Å². The van der Waals surface area contributed by atoms with E-state index in [4.69, 9.17) is 9.47 Å². The molecule has 0 radical (unpaired) electrons. The SMILES string of the molecule is CCCCCCCOC(=O)/C=C/C(=O)Oc1ccccc1F. The number of ether oxygens (including phenoxy) is 2. The van der Waals surface area contributed by atoms with Crippen LogP contribution in [0.2, 0.25) is 0 Å². The van der Waals surface area contributed by atoms with Gasteiger partial charge in [-0.05, 0) is 18.6 Å². The van der Waals surface area contributed by atoms with Crippen LogP contribution in [0.3, 0.4) is 0 Å². The maximum Gasteiger partial charge on any atom is 0.336 e. The van der Waals surface area contributed by atoms with Gasteiger partial charge in [0.2, 0.25) is 0 Å². The third-order valence-corrected chi connectivity index (χ3v) is 2.89. The summed E-state index contributed by atoms with van der Waals surface area (Å²) in [7, 11) is 0. The topological polar surface area (TPSA) is 52.6 Å². The zero-order valence-corrected chi connectivity index (χ0v) is 12.7. The monoisotopic (exact) mass is 308 g/mol. The Bertz CT molecular complexity index is 511. The maximum atomic E-state index is 13.2. The van der Waals surface area contributed by atoms with Gasteiger partial charge in [-0.2, -0.15) is 0 Å². The van der Waals surface area contributed by atoms with E-state index >= 15 is 0 Å². The Balaban J connectivity index is 2.24. The molecule has 120 valence electrons. The van der Waals surface area contributed by atoms with Gasteiger partial charge in [0.1, 0.15) is 0 Å². The van der Waals surface area contributed by atoms with Crippen molar-refractivity contribution >= 4 is 11.9 Å². The number of rotatable bonds is 9. The first kappa shape index (κ1) is 17.9. The zero-order valence-electron chi connectivity index (χ0n) is 12.7. The summed E-state index contributed by atoms with van der Waals surface area (Å²) in [6.07, 6.45) is 7.18. The fraction of sp³-hybridized carbons (Fsp3) is 0.412. The molecular weight excluding hydrogens is 287 g/mol. The minimum absolute atomic E-state index is 0.179. The number of unbranched alkanes of at least 4 members (excludes halogenated alkanes) is 4. The molecule has 5 heteroatoms. The standard InChI is InChI=1S/C17H21FO4/c1-2-3-4-5-8-13-21-16(19)11-12-17(20)22-15-10-7-6-9-14(15)18/h6-7,9-12H,2-5,8,13H2,1H3/b12-11+. The van der Waals surface area contributed by atoms with Crippen molar-refractivity contribution in [3.8, 4) is 5.75 Å². The Labute approximate surface area is 129 Å². The lowest BCUT2D eigenvalue weighted by Gasteiger charge is -2.02. The summed E-state index contributed by atoms with van der Waals surface area (Å²) < 4.78 is 22.9. The second-order valence-electron chi connectivity index (χ2n) is 4.77. The quantitative estimate of drug-likeness (QED) is 0.301. The second kappa shape index (κ2) is 10.5. The number of benzene rings is 1. The van der Waals surface area contributed by atoms with E-state index in [1.165, 1.54) is 24.6 Å². The van der Waals surface area contributed by atoms with E-state index in [9.17, 15) is 14.0 Å². The van der Waals surface area contributed by atoms with Gasteiger partial charge in [0.15, 0.2) is 11.6 Å². The van der Waals surface area contributed by atoms with Gasteiger partial charge in [-0.3, -0.25) is 0 Å². The zero-order chi connectivity index (χ0) is 16.2. The molecule has 0 heterocycles. The first-order chi connectivity index (χ1) is 10.6. The van der Waals surface area contributed by atoms with Crippen molar-refractivity contribution in [2.24, 2.45) is 0 Å². The van der Waals surface area contributed by atoms with E-state index in [0.717, 1.165) is 37.8 Å². The summed E-state index contributed by atoms with van der Waals surface area (Å²) in [5, 5.41) is 0. The van der Waals surface area contributed by atoms with Gasteiger partial charge in [0.05, 0.1) is 6.61 Å². The second-order valence-corrected chi connectivity index (χ2v) is 4.77. The lowest BCUT2D eigenvalue weighted by molar-refractivity contribution is -0.138. The Morgan fingerprint density at radius 3 is 2.45 bits per heavy atom. The number of carbonyl (C=O) groups is 2. The van der Waals surface area contributed by atoms with Crippen molar-refractivity contribution in [3.63, 3.8) is 0 Å². The van der Waals surface area contributed by atoms with Crippen LogP contribution in [0.5, 0.6) is 5.75 Å². The predicted octanol–water partition coefficient (Wildman–Crippen LogP) is 3.80. The molecule has 0 atom stereocenters. The molecule has 0 spiro atoms. The fourth-order valence-electron chi connectivity index (χ4n) is 1.73. The van der Waals surface area contributed by atoms with Crippen LogP contribution >= 0.6 is 0 Å². The van der Waals surface area contributed by atoms with Crippen LogP contribution in [-0.4, -0.2) is 18.5 Å². The number of hydrogen-bond acceptors (Lipinski definition) is 4. The Kier molecular flexibility index (Phi) is 8.57. The molecule has 0 aliphatic heterocycles. The van der Waals surface area contributed by atoms with Crippen molar-refractivity contribution in [2.75, 3.05) is 6.61 Å². The van der Waals surface area contributed by atoms with Crippen LogP contribution in [0, 0.1) is 5.82 Å². The molecule has 1 aromatic carbocycles. The summed E-state index contributed by atoms with van der Waals surface area (Å²) in [6.45, 7) is 2.46. The minimum atomic E-state index is -0.829. The van der Waals surface area contributed by atoms with Crippen LogP contribution in [0.1, 0.15) is 39.0 Å². The molecule has 0 saturated carbocycles. The van der Waals surface area contributed by atoms with Gasteiger partial charge >= 0.3 is 11.9 Å². The fourth-order valence-corrected chi connectivity index (χ4v) is 1.73. The summed E-state index contributed by atoms with van der Waals surface area (Å²) >= 11 is 0. The third-order valence-electron chi connectivity index (χ3n) is 2.89. The molecule has 1 rings (SSSR count). The van der Waals surface area contributed by atoms with Crippen LogP contribution in [0.4, 0.5) is 4.39 Å². The van der Waals surface area contributed by atoms with Crippen LogP contribution in [0.15, 0.2) is 36.4 Å². The van der Waals surface area contributed by atoms with Crippen LogP contribution in [-0.2, 0) is 14.3 Å². The third kappa shape index (κ3) is 7.57. The summed E-state index contributed by atoms with van der Waals surface area (Å²) in [4.78, 5) is 22.8. The Morgan fingerprint density at radius 2 is 1.73 bits per heavy atom. The van der Waals surface area contributed by atoms with Crippen molar-refractivity contribution in [1.82, 2.24) is 0 Å². The number of esters is 2. The van der Waals surface area contributed by atoms with Gasteiger partial charge in [0.25, 0.3) is 0 Å². The molecule has 0 aliphatic carbocycles. The van der Waals surface area contributed by atoms with Gasteiger partial charge in [-0.1, -0.05) is 44.7 Å². The smallest absolute Gasteiger partial charge is 0.336 e. The van der Waals surface area contributed by atoms with Crippen molar-refractivity contribution < 1.29 is 23.5 Å². The van der Waals surface area contributed by atoms with E-state index in [1.54, 1.807) is 6.07 Å². The highest BCUT2D eigenvalue weighted by Crippen LogP contribution is 2.15. The molecule has 0 amide bonds. The number of carbonyl (C=O) groups excluding carboxylic acids is 2. The highest BCUT2D eigenvalue weighted by molar-refractivity contribution is 5.92. The van der Waals surface area contributed by atoms with E-state index < -0.39 is 17.8 Å². The summed E-state index contributed by atoms with van der Waals surface area (Å²) in [5.41, 5.74) is 0. The Hall–Kier alpha value is -2.17. The summed E-state index contributed by atoms with van der Waals surface area (Å²) in [5.74, 6) is -2.26. The van der Waals surface area contributed by atoms with Gasteiger partial charge in [-0.15, -0.1) is 0 Å². The lowest BCUT2D eigenvalue weighted by Crippen LogP contribution is -2.08. The molecule has 0 aliphatic rings. The van der Waals surface area contributed by atoms with Gasteiger partial charge in [-0.25, -0.2) is 14.0 Å². The minimum Gasteiger partial charge on any atom is -0.463 e. The average Bonchev–Trinajstić information content (AvgIpc) is 2.51. The highest BCUT2D eigenvalue weighted by Gasteiger charge is 2.06. The first-order valence-corrected chi connectivity index (χ1v) is 7.44. The molecule has 0 N–H and O–H groups in total. The highest BCUT2D eigenvalue weighted by atomic mass is 19.1. The molecular formula is C17H21FO4. The van der Waals surface area contributed by atoms with Crippen LogP contribution < -0.4 is 4.74 Å². The average molecular weight is 308 g/mol. The first-order valence-electron chi connectivity index (χ1n) is 7.44. The van der Waals surface area contributed by atoms with Gasteiger partial charge in [0, 0.05) is 12.2 Å². The normalized spacial score (nSPS) is 10.6. The lowest BCUT2D eigenvalue weighted by atomic mass is 10.2. The molecule has 0 bridgehead atoms. The molecule has 0 unspecified atom stereocenters.